The quantitative estimate of drug-likeness (QED) is 0.713. The molecule has 136 valence electrons. The lowest BCUT2D eigenvalue weighted by Crippen LogP contribution is -2.23. The fourth-order valence-corrected chi connectivity index (χ4v) is 2.72. The van der Waals surface area contributed by atoms with E-state index in [1.165, 1.54) is 0 Å². The van der Waals surface area contributed by atoms with Gasteiger partial charge in [-0.25, -0.2) is 0 Å². The third-order valence-corrected chi connectivity index (χ3v) is 4.42. The molecular weight excluding hydrogens is 354 g/mol. The lowest BCUT2D eigenvalue weighted by molar-refractivity contribution is 0.0919. The van der Waals surface area contributed by atoms with E-state index in [0.717, 1.165) is 17.0 Å². The van der Waals surface area contributed by atoms with E-state index < -0.39 is 0 Å². The molecule has 0 saturated heterocycles. The van der Waals surface area contributed by atoms with Crippen molar-refractivity contribution < 1.29 is 13.9 Å². The molecule has 6 nitrogen and oxygen atoms in total. The SMILES string of the molecule is Cc1nn(C)c(C)c1CNC(=O)c1ccc(COc2ccc(Cl)cc2)o1. The van der Waals surface area contributed by atoms with Crippen LogP contribution < -0.4 is 10.1 Å². The molecule has 0 atom stereocenters. The Labute approximate surface area is 156 Å². The van der Waals surface area contributed by atoms with Gasteiger partial charge >= 0.3 is 0 Å². The predicted molar refractivity (Wildman–Crippen MR) is 98.3 cm³/mol. The first-order valence-corrected chi connectivity index (χ1v) is 8.56. The average Bonchev–Trinajstić information content (AvgIpc) is 3.18. The number of ether oxygens (including phenoxy) is 1. The van der Waals surface area contributed by atoms with Gasteiger partial charge in [0.05, 0.1) is 5.69 Å². The summed E-state index contributed by atoms with van der Waals surface area (Å²) in [6.45, 7) is 4.53. The minimum absolute atomic E-state index is 0.232. The highest BCUT2D eigenvalue weighted by molar-refractivity contribution is 6.30. The zero-order valence-corrected chi connectivity index (χ0v) is 15.6. The van der Waals surface area contributed by atoms with Gasteiger partial charge in [-0.05, 0) is 50.2 Å². The van der Waals surface area contributed by atoms with Crippen molar-refractivity contribution in [2.24, 2.45) is 7.05 Å². The molecule has 1 amide bonds. The second-order valence-corrected chi connectivity index (χ2v) is 6.40. The Hall–Kier alpha value is -2.73. The van der Waals surface area contributed by atoms with Crippen LogP contribution in [0.25, 0.3) is 0 Å². The van der Waals surface area contributed by atoms with Gasteiger partial charge in [-0.2, -0.15) is 5.10 Å². The number of carbonyl (C=O) groups excluding carboxylic acids is 1. The summed E-state index contributed by atoms with van der Waals surface area (Å²) in [5, 5.41) is 7.85. The van der Waals surface area contributed by atoms with E-state index in [4.69, 9.17) is 20.8 Å². The van der Waals surface area contributed by atoms with E-state index in [1.54, 1.807) is 41.1 Å². The first-order chi connectivity index (χ1) is 12.4. The number of halogens is 1. The number of furan rings is 1. The lowest BCUT2D eigenvalue weighted by Gasteiger charge is -2.05. The molecular formula is C19H20ClN3O3. The van der Waals surface area contributed by atoms with E-state index in [1.807, 2.05) is 20.9 Å². The predicted octanol–water partition coefficient (Wildman–Crippen LogP) is 3.79. The van der Waals surface area contributed by atoms with E-state index >= 15 is 0 Å². The fraction of sp³-hybridized carbons (Fsp3) is 0.263. The number of hydrogen-bond acceptors (Lipinski definition) is 4. The van der Waals surface area contributed by atoms with Crippen molar-refractivity contribution >= 4 is 17.5 Å². The number of nitrogens with zero attached hydrogens (tertiary/aromatic N) is 2. The molecule has 0 aliphatic carbocycles. The molecule has 7 heteroatoms. The van der Waals surface area contributed by atoms with Crippen LogP contribution in [0.15, 0.2) is 40.8 Å². The van der Waals surface area contributed by atoms with Crippen molar-refractivity contribution in [3.63, 3.8) is 0 Å². The molecule has 0 saturated carbocycles. The molecule has 0 aliphatic rings. The number of hydrogen-bond donors (Lipinski definition) is 1. The standard InChI is InChI=1S/C19H20ClN3O3/c1-12-17(13(2)23(3)22-12)10-21-19(24)18-9-8-16(26-18)11-25-15-6-4-14(20)5-7-15/h4-9H,10-11H2,1-3H3,(H,21,24). The Morgan fingerprint density at radius 1 is 1.23 bits per heavy atom. The van der Waals surface area contributed by atoms with Crippen LogP contribution in [0.4, 0.5) is 0 Å². The Balaban J connectivity index is 1.56. The van der Waals surface area contributed by atoms with E-state index in [-0.39, 0.29) is 18.3 Å². The summed E-state index contributed by atoms with van der Waals surface area (Å²) in [6.07, 6.45) is 0. The molecule has 0 fully saturated rings. The normalized spacial score (nSPS) is 10.8. The first kappa shape index (κ1) is 18.1. The van der Waals surface area contributed by atoms with E-state index in [0.29, 0.717) is 23.1 Å². The second-order valence-electron chi connectivity index (χ2n) is 5.96. The summed E-state index contributed by atoms with van der Waals surface area (Å²) in [7, 11) is 1.88. The van der Waals surface area contributed by atoms with Crippen LogP contribution in [0.5, 0.6) is 5.75 Å². The van der Waals surface area contributed by atoms with Gasteiger partial charge in [0.15, 0.2) is 5.76 Å². The van der Waals surface area contributed by atoms with Crippen LogP contribution >= 0.6 is 11.6 Å². The van der Waals surface area contributed by atoms with Gasteiger partial charge in [-0.15, -0.1) is 0 Å². The Bertz CT molecular complexity index is 913. The summed E-state index contributed by atoms with van der Waals surface area (Å²) < 4.78 is 13.0. The highest BCUT2D eigenvalue weighted by atomic mass is 35.5. The van der Waals surface area contributed by atoms with E-state index in [2.05, 4.69) is 10.4 Å². The minimum atomic E-state index is -0.273. The zero-order chi connectivity index (χ0) is 18.7. The zero-order valence-electron chi connectivity index (χ0n) is 14.9. The van der Waals surface area contributed by atoms with Crippen molar-refractivity contribution in [3.05, 3.63) is 69.9 Å². The summed E-state index contributed by atoms with van der Waals surface area (Å²) in [5.41, 5.74) is 2.94. The maximum absolute atomic E-state index is 12.3. The molecule has 26 heavy (non-hydrogen) atoms. The van der Waals surface area contributed by atoms with Gasteiger partial charge in [0.2, 0.25) is 0 Å². The Morgan fingerprint density at radius 3 is 2.62 bits per heavy atom. The number of benzene rings is 1. The molecule has 3 rings (SSSR count). The Kier molecular flexibility index (Phi) is 5.32. The smallest absolute Gasteiger partial charge is 0.287 e. The van der Waals surface area contributed by atoms with Crippen molar-refractivity contribution in [3.8, 4) is 5.75 Å². The maximum atomic E-state index is 12.3. The molecule has 2 aromatic heterocycles. The van der Waals surface area contributed by atoms with Crippen LogP contribution in [0.1, 0.15) is 33.3 Å². The molecule has 0 spiro atoms. The van der Waals surface area contributed by atoms with Crippen molar-refractivity contribution in [1.29, 1.82) is 0 Å². The van der Waals surface area contributed by atoms with Gasteiger partial charge in [0.1, 0.15) is 18.1 Å². The van der Waals surface area contributed by atoms with Crippen molar-refractivity contribution in [2.75, 3.05) is 0 Å². The topological polar surface area (TPSA) is 69.3 Å². The van der Waals surface area contributed by atoms with Crippen molar-refractivity contribution in [2.45, 2.75) is 27.0 Å². The van der Waals surface area contributed by atoms with Gasteiger partial charge in [0, 0.05) is 29.9 Å². The molecule has 0 aliphatic heterocycles. The third kappa shape index (κ3) is 4.08. The number of aryl methyl sites for hydroxylation is 2. The lowest BCUT2D eigenvalue weighted by atomic mass is 10.2. The first-order valence-electron chi connectivity index (χ1n) is 8.18. The largest absolute Gasteiger partial charge is 0.486 e. The van der Waals surface area contributed by atoms with Crippen LogP contribution in [0, 0.1) is 13.8 Å². The third-order valence-electron chi connectivity index (χ3n) is 4.16. The van der Waals surface area contributed by atoms with Crippen LogP contribution in [-0.2, 0) is 20.2 Å². The van der Waals surface area contributed by atoms with Gasteiger partial charge < -0.3 is 14.5 Å². The molecule has 1 aromatic carbocycles. The van der Waals surface area contributed by atoms with Gasteiger partial charge in [-0.1, -0.05) is 11.6 Å². The molecule has 1 N–H and O–H groups in total. The summed E-state index contributed by atoms with van der Waals surface area (Å²) in [5.74, 6) is 1.22. The Morgan fingerprint density at radius 2 is 1.96 bits per heavy atom. The molecule has 0 bridgehead atoms. The fourth-order valence-electron chi connectivity index (χ4n) is 2.59. The number of aromatic nitrogens is 2. The van der Waals surface area contributed by atoms with Gasteiger partial charge in [0.25, 0.3) is 5.91 Å². The number of carbonyl (C=O) groups is 1. The van der Waals surface area contributed by atoms with Crippen LogP contribution in [0.2, 0.25) is 5.02 Å². The monoisotopic (exact) mass is 373 g/mol. The highest BCUT2D eigenvalue weighted by Crippen LogP contribution is 2.18. The van der Waals surface area contributed by atoms with Crippen molar-refractivity contribution in [1.82, 2.24) is 15.1 Å². The number of nitrogens with one attached hydrogen (secondary N) is 1. The molecule has 0 unspecified atom stereocenters. The summed E-state index contributed by atoms with van der Waals surface area (Å²) in [6, 6.07) is 10.4. The molecule has 0 radical (unpaired) electrons. The maximum Gasteiger partial charge on any atom is 0.287 e. The molecule has 3 aromatic rings. The summed E-state index contributed by atoms with van der Waals surface area (Å²) >= 11 is 5.84. The second kappa shape index (κ2) is 7.66. The number of amides is 1. The number of rotatable bonds is 6. The average molecular weight is 374 g/mol. The van der Waals surface area contributed by atoms with Crippen LogP contribution in [-0.4, -0.2) is 15.7 Å². The minimum Gasteiger partial charge on any atom is -0.486 e. The van der Waals surface area contributed by atoms with Crippen LogP contribution in [0.3, 0.4) is 0 Å². The van der Waals surface area contributed by atoms with Gasteiger partial charge in [-0.3, -0.25) is 9.48 Å². The molecule has 2 heterocycles. The summed E-state index contributed by atoms with van der Waals surface area (Å²) in [4.78, 5) is 12.3. The van der Waals surface area contributed by atoms with E-state index in [9.17, 15) is 4.79 Å². The highest BCUT2D eigenvalue weighted by Gasteiger charge is 2.14.